The molecule has 1 fully saturated rings. The van der Waals surface area contributed by atoms with E-state index >= 15 is 0 Å². The molecule has 1 saturated heterocycles. The third-order valence-electron chi connectivity index (χ3n) is 5.52. The van der Waals surface area contributed by atoms with E-state index in [-0.39, 0.29) is 17.6 Å². The van der Waals surface area contributed by atoms with Crippen LogP contribution in [0.15, 0.2) is 39.8 Å². The zero-order chi connectivity index (χ0) is 24.4. The summed E-state index contributed by atoms with van der Waals surface area (Å²) >= 11 is 3.38. The summed E-state index contributed by atoms with van der Waals surface area (Å²) in [6.07, 6.45) is 4.55. The smallest absolute Gasteiger partial charge is 0.410 e. The van der Waals surface area contributed by atoms with E-state index in [1.165, 1.54) is 24.0 Å². The largest absolute Gasteiger partial charge is 0.486 e. The van der Waals surface area contributed by atoms with Crippen LogP contribution in [0.25, 0.3) is 0 Å². The Hall–Kier alpha value is -2.13. The highest BCUT2D eigenvalue weighted by molar-refractivity contribution is 9.10. The van der Waals surface area contributed by atoms with E-state index < -0.39 is 15.4 Å². The quantitative estimate of drug-likeness (QED) is 0.516. The predicted molar refractivity (Wildman–Crippen MR) is 130 cm³/mol. The highest BCUT2D eigenvalue weighted by Gasteiger charge is 2.27. The van der Waals surface area contributed by atoms with Crippen molar-refractivity contribution in [2.45, 2.75) is 63.6 Å². The molecule has 180 valence electrons. The van der Waals surface area contributed by atoms with Gasteiger partial charge in [-0.25, -0.2) is 13.2 Å². The van der Waals surface area contributed by atoms with Crippen molar-refractivity contribution in [3.63, 3.8) is 0 Å². The first-order chi connectivity index (χ1) is 15.3. The predicted octanol–water partition coefficient (Wildman–Crippen LogP) is 5.25. The van der Waals surface area contributed by atoms with Gasteiger partial charge in [0.05, 0.1) is 15.1 Å². The van der Waals surface area contributed by atoms with E-state index in [4.69, 9.17) is 9.47 Å². The number of rotatable bonds is 5. The molecule has 33 heavy (non-hydrogen) atoms. The number of hydrogen-bond donors (Lipinski definition) is 0. The van der Waals surface area contributed by atoms with Crippen molar-refractivity contribution in [3.8, 4) is 5.75 Å². The number of piperidine rings is 1. The second kappa shape index (κ2) is 10.0. The Morgan fingerprint density at radius 2 is 1.88 bits per heavy atom. The Labute approximate surface area is 204 Å². The minimum absolute atomic E-state index is 0.234. The van der Waals surface area contributed by atoms with Crippen molar-refractivity contribution >= 4 is 31.9 Å². The lowest BCUT2D eigenvalue weighted by molar-refractivity contribution is 0.0204. The number of amides is 1. The fourth-order valence-corrected chi connectivity index (χ4v) is 4.99. The van der Waals surface area contributed by atoms with Crippen molar-refractivity contribution < 1.29 is 22.7 Å². The summed E-state index contributed by atoms with van der Waals surface area (Å²) in [5, 5.41) is 0. The number of carbonyl (C=O) groups excluding carboxylic acids is 1. The second-order valence-electron chi connectivity index (χ2n) is 9.43. The van der Waals surface area contributed by atoms with Crippen LogP contribution in [0.5, 0.6) is 5.75 Å². The third kappa shape index (κ3) is 6.93. The van der Waals surface area contributed by atoms with Crippen molar-refractivity contribution in [1.82, 2.24) is 9.88 Å². The monoisotopic (exact) mass is 538 g/mol. The lowest BCUT2D eigenvalue weighted by Gasteiger charge is -2.33. The average Bonchev–Trinajstić information content (AvgIpc) is 2.71. The standard InChI is InChI=1S/C24H31BrN2O5S/c1-16-12-18(17-8-10-27(11-9-17)23(28)32-24(2,3)4)14-26-21(16)15-31-22-7-6-19(13-20(22)25)33(5,29)30/h6-7,12-14,17H,8-11,15H2,1-5H3. The van der Waals surface area contributed by atoms with Crippen LogP contribution in [-0.4, -0.2) is 49.3 Å². The minimum Gasteiger partial charge on any atom is -0.486 e. The van der Waals surface area contributed by atoms with Crippen LogP contribution in [-0.2, 0) is 21.2 Å². The van der Waals surface area contributed by atoms with Gasteiger partial charge in [-0.3, -0.25) is 4.98 Å². The van der Waals surface area contributed by atoms with Gasteiger partial charge in [0.1, 0.15) is 18.0 Å². The second-order valence-corrected chi connectivity index (χ2v) is 12.3. The molecule has 9 heteroatoms. The Bertz CT molecular complexity index is 1120. The molecule has 2 aromatic rings. The zero-order valence-corrected chi connectivity index (χ0v) is 22.1. The summed E-state index contributed by atoms with van der Waals surface area (Å²) in [5.41, 5.74) is 2.53. The van der Waals surface area contributed by atoms with Crippen LogP contribution in [0.3, 0.4) is 0 Å². The fourth-order valence-electron chi connectivity index (χ4n) is 3.70. The number of pyridine rings is 1. The van der Waals surface area contributed by atoms with Crippen molar-refractivity contribution in [2.24, 2.45) is 0 Å². The van der Waals surface area contributed by atoms with Crippen molar-refractivity contribution in [2.75, 3.05) is 19.3 Å². The Morgan fingerprint density at radius 1 is 1.21 bits per heavy atom. The van der Waals surface area contributed by atoms with Crippen LogP contribution in [0.2, 0.25) is 0 Å². The van der Waals surface area contributed by atoms with Crippen LogP contribution in [0, 0.1) is 6.92 Å². The normalized spacial score (nSPS) is 15.4. The molecule has 1 aliphatic rings. The lowest BCUT2D eigenvalue weighted by Crippen LogP contribution is -2.41. The summed E-state index contributed by atoms with van der Waals surface area (Å²) in [4.78, 5) is 18.9. The molecule has 0 bridgehead atoms. The van der Waals surface area contributed by atoms with E-state index in [0.29, 0.717) is 29.2 Å². The van der Waals surface area contributed by atoms with E-state index in [9.17, 15) is 13.2 Å². The average molecular weight is 539 g/mol. The van der Waals surface area contributed by atoms with Gasteiger partial charge in [0.15, 0.2) is 9.84 Å². The Morgan fingerprint density at radius 3 is 2.42 bits per heavy atom. The number of halogens is 1. The first kappa shape index (κ1) is 25.5. The number of ether oxygens (including phenoxy) is 2. The molecule has 1 aromatic heterocycles. The van der Waals surface area contributed by atoms with Gasteiger partial charge < -0.3 is 14.4 Å². The number of sulfone groups is 1. The molecular weight excluding hydrogens is 508 g/mol. The molecule has 0 saturated carbocycles. The van der Waals surface area contributed by atoms with Crippen LogP contribution in [0.4, 0.5) is 4.79 Å². The summed E-state index contributed by atoms with van der Waals surface area (Å²) in [5.74, 6) is 0.907. The highest BCUT2D eigenvalue weighted by atomic mass is 79.9. The van der Waals surface area contributed by atoms with Crippen molar-refractivity contribution in [1.29, 1.82) is 0 Å². The molecule has 3 rings (SSSR count). The molecule has 0 aliphatic carbocycles. The van der Waals surface area contributed by atoms with Crippen LogP contribution >= 0.6 is 15.9 Å². The molecule has 0 atom stereocenters. The molecule has 7 nitrogen and oxygen atoms in total. The molecule has 0 radical (unpaired) electrons. The highest BCUT2D eigenvalue weighted by Crippen LogP contribution is 2.31. The van der Waals surface area contributed by atoms with Gasteiger partial charge in [0, 0.05) is 25.5 Å². The van der Waals surface area contributed by atoms with Gasteiger partial charge >= 0.3 is 6.09 Å². The molecule has 0 spiro atoms. The van der Waals surface area contributed by atoms with Gasteiger partial charge in [-0.15, -0.1) is 0 Å². The maximum atomic E-state index is 12.3. The number of benzene rings is 1. The van der Waals surface area contributed by atoms with Crippen molar-refractivity contribution in [3.05, 3.63) is 51.8 Å². The van der Waals surface area contributed by atoms with E-state index in [0.717, 1.165) is 24.1 Å². The molecule has 1 aromatic carbocycles. The fraction of sp³-hybridized carbons (Fsp3) is 0.500. The Balaban J connectivity index is 1.59. The number of nitrogens with zero attached hydrogens (tertiary/aromatic N) is 2. The van der Waals surface area contributed by atoms with Gasteiger partial charge in [-0.1, -0.05) is 6.07 Å². The molecular formula is C24H31BrN2O5S. The third-order valence-corrected chi connectivity index (χ3v) is 7.25. The number of aryl methyl sites for hydroxylation is 1. The molecule has 1 aliphatic heterocycles. The molecule has 0 N–H and O–H groups in total. The van der Waals surface area contributed by atoms with Crippen LogP contribution in [0.1, 0.15) is 56.4 Å². The Kier molecular flexibility index (Phi) is 7.73. The number of carbonyl (C=O) groups is 1. The summed E-state index contributed by atoms with van der Waals surface area (Å²) in [7, 11) is -3.27. The summed E-state index contributed by atoms with van der Waals surface area (Å²) < 4.78 is 35.3. The molecule has 0 unspecified atom stereocenters. The number of aromatic nitrogens is 1. The van der Waals surface area contributed by atoms with Gasteiger partial charge in [-0.2, -0.15) is 0 Å². The van der Waals surface area contributed by atoms with E-state index in [1.807, 2.05) is 33.9 Å². The van der Waals surface area contributed by atoms with E-state index in [1.54, 1.807) is 11.0 Å². The van der Waals surface area contributed by atoms with Gasteiger partial charge in [0.25, 0.3) is 0 Å². The van der Waals surface area contributed by atoms with Crippen LogP contribution < -0.4 is 4.74 Å². The maximum Gasteiger partial charge on any atom is 0.410 e. The summed E-state index contributed by atoms with van der Waals surface area (Å²) in [6.45, 7) is 9.25. The zero-order valence-electron chi connectivity index (χ0n) is 19.7. The first-order valence-corrected chi connectivity index (χ1v) is 13.6. The first-order valence-electron chi connectivity index (χ1n) is 10.9. The topological polar surface area (TPSA) is 85.8 Å². The van der Waals surface area contributed by atoms with Gasteiger partial charge in [0.2, 0.25) is 0 Å². The molecule has 2 heterocycles. The SMILES string of the molecule is Cc1cc(C2CCN(C(=O)OC(C)(C)C)CC2)cnc1COc1ccc(S(C)(=O)=O)cc1Br. The maximum absolute atomic E-state index is 12.3. The lowest BCUT2D eigenvalue weighted by atomic mass is 9.89. The minimum atomic E-state index is -3.27. The van der Waals surface area contributed by atoms with E-state index in [2.05, 4.69) is 27.0 Å². The van der Waals surface area contributed by atoms with Gasteiger partial charge in [-0.05, 0) is 91.7 Å². The molecule has 1 amide bonds. The summed E-state index contributed by atoms with van der Waals surface area (Å²) in [6, 6.07) is 6.85. The number of hydrogen-bond acceptors (Lipinski definition) is 6. The number of likely N-dealkylation sites (tertiary alicyclic amines) is 1.